The van der Waals surface area contributed by atoms with Gasteiger partial charge in [0.2, 0.25) is 5.95 Å². The molecule has 3 rings (SSSR count). The van der Waals surface area contributed by atoms with Gasteiger partial charge >= 0.3 is 11.9 Å². The van der Waals surface area contributed by atoms with Gasteiger partial charge in [0, 0.05) is 18.2 Å². The Bertz CT molecular complexity index is 1280. The summed E-state index contributed by atoms with van der Waals surface area (Å²) in [7, 11) is 0. The first-order valence-corrected chi connectivity index (χ1v) is 9.77. The number of aromatic amines is 1. The molecule has 0 fully saturated rings. The van der Waals surface area contributed by atoms with Gasteiger partial charge in [0.05, 0.1) is 10.7 Å². The van der Waals surface area contributed by atoms with Crippen molar-refractivity contribution in [3.63, 3.8) is 0 Å². The zero-order valence-electron chi connectivity index (χ0n) is 17.1. The second-order valence-electron chi connectivity index (χ2n) is 7.22. The Hall–Kier alpha value is -4.55. The van der Waals surface area contributed by atoms with Gasteiger partial charge in [-0.05, 0) is 42.5 Å². The van der Waals surface area contributed by atoms with Crippen molar-refractivity contribution in [2.45, 2.75) is 31.7 Å². The third-order valence-electron chi connectivity index (χ3n) is 4.97. The summed E-state index contributed by atoms with van der Waals surface area (Å²) >= 11 is 0. The Morgan fingerprint density at radius 2 is 1.88 bits per heavy atom. The zero-order valence-corrected chi connectivity index (χ0v) is 17.1. The van der Waals surface area contributed by atoms with Crippen molar-refractivity contribution in [2.24, 2.45) is 5.29 Å². The van der Waals surface area contributed by atoms with Crippen LogP contribution in [0.2, 0.25) is 0 Å². The lowest BCUT2D eigenvalue weighted by Crippen LogP contribution is -2.41. The van der Waals surface area contributed by atoms with Crippen LogP contribution in [-0.4, -0.2) is 48.7 Å². The molecule has 0 aliphatic rings. The Balaban J connectivity index is 1.70. The molecule has 13 nitrogen and oxygen atoms in total. The fraction of sp³-hybridized carbons (Fsp3) is 0.250. The molecule has 0 unspecified atom stereocenters. The number of carbonyl (C=O) groups is 3. The highest BCUT2D eigenvalue weighted by Gasteiger charge is 2.21. The minimum Gasteiger partial charge on any atom is -0.481 e. The lowest BCUT2D eigenvalue weighted by atomic mass is 10.0. The molecule has 0 saturated carbocycles. The minimum atomic E-state index is -1.32. The van der Waals surface area contributed by atoms with Crippen molar-refractivity contribution in [1.29, 1.82) is 0 Å². The summed E-state index contributed by atoms with van der Waals surface area (Å²) in [6.07, 6.45) is 1.61. The quantitative estimate of drug-likeness (QED) is 0.271. The number of aromatic nitrogens is 3. The number of nitrogens with two attached hydrogens (primary N) is 1. The van der Waals surface area contributed by atoms with Crippen molar-refractivity contribution in [1.82, 2.24) is 20.0 Å². The van der Waals surface area contributed by atoms with Crippen molar-refractivity contribution < 1.29 is 24.6 Å². The van der Waals surface area contributed by atoms with Crippen LogP contribution in [0.25, 0.3) is 11.0 Å². The highest BCUT2D eigenvalue weighted by molar-refractivity contribution is 5.96. The fourth-order valence-corrected chi connectivity index (χ4v) is 3.33. The largest absolute Gasteiger partial charge is 0.481 e. The van der Waals surface area contributed by atoms with Crippen molar-refractivity contribution in [3.05, 3.63) is 62.4 Å². The summed E-state index contributed by atoms with van der Waals surface area (Å²) in [6, 6.07) is 5.02. The maximum Gasteiger partial charge on any atom is 0.326 e. The number of fused-ring (bicyclic) bond motifs is 1. The maximum absolute atomic E-state index is 12.3. The third kappa shape index (κ3) is 5.39. The number of hydrogen-bond donors (Lipinski definition) is 5. The highest BCUT2D eigenvalue weighted by Crippen LogP contribution is 2.19. The molecule has 172 valence electrons. The van der Waals surface area contributed by atoms with E-state index in [4.69, 9.17) is 15.9 Å². The number of aryl methyl sites for hydroxylation is 2. The topological polar surface area (TPSA) is 210 Å². The Morgan fingerprint density at radius 1 is 1.18 bits per heavy atom. The number of carboxylic acid groups (broad SMARTS) is 2. The molecule has 33 heavy (non-hydrogen) atoms. The first-order valence-electron chi connectivity index (χ1n) is 9.77. The van der Waals surface area contributed by atoms with E-state index in [9.17, 15) is 24.1 Å². The van der Waals surface area contributed by atoms with E-state index in [1.165, 1.54) is 18.3 Å². The number of carboxylic acids is 2. The van der Waals surface area contributed by atoms with E-state index in [2.05, 4.69) is 20.6 Å². The fourth-order valence-electron chi connectivity index (χ4n) is 3.33. The number of nitrogens with one attached hydrogen (secondary N) is 2. The van der Waals surface area contributed by atoms with Gasteiger partial charge in [-0.3, -0.25) is 19.4 Å². The van der Waals surface area contributed by atoms with Crippen LogP contribution >= 0.6 is 0 Å². The van der Waals surface area contributed by atoms with Crippen LogP contribution in [0.5, 0.6) is 0 Å². The normalized spacial score (nSPS) is 11.8. The van der Waals surface area contributed by atoms with Gasteiger partial charge in [0.1, 0.15) is 6.04 Å². The summed E-state index contributed by atoms with van der Waals surface area (Å²) in [4.78, 5) is 63.8. The number of hydrogen-bond acceptors (Lipinski definition) is 8. The van der Waals surface area contributed by atoms with E-state index in [1.807, 2.05) is 0 Å². The third-order valence-corrected chi connectivity index (χ3v) is 4.97. The lowest BCUT2D eigenvalue weighted by molar-refractivity contribution is -0.140. The number of nitrogen functional groups attached to an aromatic ring is 1. The molecule has 0 spiro atoms. The minimum absolute atomic E-state index is 0.0594. The van der Waals surface area contributed by atoms with E-state index in [0.29, 0.717) is 18.4 Å². The van der Waals surface area contributed by atoms with Crippen molar-refractivity contribution in [2.75, 3.05) is 5.73 Å². The molecule has 13 heteroatoms. The number of nitroso groups, excluding NO2 is 1. The molecule has 0 aliphatic carbocycles. The van der Waals surface area contributed by atoms with Crippen LogP contribution in [0.4, 0.5) is 5.95 Å². The first-order chi connectivity index (χ1) is 15.7. The van der Waals surface area contributed by atoms with Crippen LogP contribution in [0.1, 0.15) is 34.3 Å². The Kier molecular flexibility index (Phi) is 6.81. The van der Waals surface area contributed by atoms with Crippen LogP contribution in [-0.2, 0) is 22.4 Å². The lowest BCUT2D eigenvalue weighted by Gasteiger charge is -2.13. The molecule has 2 heterocycles. The van der Waals surface area contributed by atoms with Crippen molar-refractivity contribution >= 4 is 34.8 Å². The molecule has 6 N–H and O–H groups in total. The van der Waals surface area contributed by atoms with E-state index in [0.717, 1.165) is 10.2 Å². The van der Waals surface area contributed by atoms with Crippen LogP contribution < -0.4 is 16.6 Å². The molecular formula is C20H20N6O7. The van der Waals surface area contributed by atoms with E-state index >= 15 is 0 Å². The standard InChI is InChI=1S/C20H20N6O7/c21-20-23-16-15(18(30)24-20)12(9-26(16)25-33)6-3-10-1-4-11(5-2-10)17(29)22-13(19(31)32)7-8-14(27)28/h1-2,4-5,9,13H,3,6-8H2,(H,22,29)(H,27,28)(H,31,32)(H3,21,23,24,30)/t13-/m0/s1. The molecule has 0 bridgehead atoms. The molecule has 1 amide bonds. The summed E-state index contributed by atoms with van der Waals surface area (Å²) < 4.78 is 0.937. The zero-order chi connectivity index (χ0) is 24.1. The number of rotatable bonds is 10. The monoisotopic (exact) mass is 456 g/mol. The van der Waals surface area contributed by atoms with Gasteiger partial charge in [-0.25, -0.2) is 4.79 Å². The van der Waals surface area contributed by atoms with Gasteiger partial charge in [0.15, 0.2) is 5.65 Å². The SMILES string of the molecule is Nc1nc2c(c(CCc3ccc(C(=O)N[C@@H](CCC(=O)O)C(=O)O)cc3)cn2N=O)c(=O)[nH]1. The second kappa shape index (κ2) is 9.72. The predicted molar refractivity (Wildman–Crippen MR) is 116 cm³/mol. The van der Waals surface area contributed by atoms with Crippen LogP contribution in [0.3, 0.4) is 0 Å². The number of amides is 1. The Morgan fingerprint density at radius 3 is 2.48 bits per heavy atom. The molecule has 1 atom stereocenters. The molecule has 3 aromatic rings. The summed E-state index contributed by atoms with van der Waals surface area (Å²) in [5.41, 5.74) is 6.66. The number of aliphatic carboxylic acids is 2. The smallest absolute Gasteiger partial charge is 0.326 e. The van der Waals surface area contributed by atoms with Gasteiger partial charge in [-0.15, -0.1) is 4.91 Å². The molecule has 0 radical (unpaired) electrons. The van der Waals surface area contributed by atoms with E-state index in [1.54, 1.807) is 12.1 Å². The second-order valence-corrected chi connectivity index (χ2v) is 7.22. The highest BCUT2D eigenvalue weighted by atomic mass is 16.4. The van der Waals surface area contributed by atoms with E-state index < -0.39 is 35.9 Å². The summed E-state index contributed by atoms with van der Waals surface area (Å²) in [5, 5.41) is 23.2. The van der Waals surface area contributed by atoms with Gasteiger partial charge in [-0.2, -0.15) is 9.66 Å². The van der Waals surface area contributed by atoms with E-state index in [-0.39, 0.29) is 29.0 Å². The van der Waals surface area contributed by atoms with Crippen molar-refractivity contribution in [3.8, 4) is 0 Å². The average Bonchev–Trinajstić information content (AvgIpc) is 3.12. The molecular weight excluding hydrogens is 436 g/mol. The average molecular weight is 456 g/mol. The van der Waals surface area contributed by atoms with Gasteiger partial charge < -0.3 is 21.3 Å². The first kappa shape index (κ1) is 23.1. The molecule has 2 aromatic heterocycles. The summed E-state index contributed by atoms with van der Waals surface area (Å²) in [5.74, 6) is -3.26. The molecule has 0 saturated heterocycles. The summed E-state index contributed by atoms with van der Waals surface area (Å²) in [6.45, 7) is 0. The van der Waals surface area contributed by atoms with Crippen LogP contribution in [0.15, 0.2) is 40.5 Å². The number of benzene rings is 1. The number of carbonyl (C=O) groups excluding carboxylic acids is 1. The predicted octanol–water partition coefficient (Wildman–Crippen LogP) is 0.669. The number of nitrogens with zero attached hydrogens (tertiary/aromatic N) is 3. The number of H-pyrrole nitrogens is 1. The van der Waals surface area contributed by atoms with Gasteiger partial charge in [0.25, 0.3) is 11.5 Å². The van der Waals surface area contributed by atoms with Crippen LogP contribution in [0, 0.1) is 4.91 Å². The molecule has 0 aliphatic heterocycles. The number of anilines is 1. The van der Waals surface area contributed by atoms with Gasteiger partial charge in [-0.1, -0.05) is 12.1 Å². The Labute approximate surface area is 185 Å². The maximum atomic E-state index is 12.3. The molecule has 1 aromatic carbocycles.